The van der Waals surface area contributed by atoms with Crippen LogP contribution in [-0.2, 0) is 20.8 Å². The Morgan fingerprint density at radius 1 is 1.28 bits per heavy atom. The fraction of sp³-hybridized carbons (Fsp3) is 0.600. The molecular formula is C15H23N5O5. The summed E-state index contributed by atoms with van der Waals surface area (Å²) < 4.78 is 11.7. The third-order valence-electron chi connectivity index (χ3n) is 3.12. The first-order chi connectivity index (χ1) is 11.7. The highest BCUT2D eigenvalue weighted by atomic mass is 16.6. The van der Waals surface area contributed by atoms with Crippen molar-refractivity contribution >= 4 is 29.7 Å². The quantitative estimate of drug-likeness (QED) is 0.789. The summed E-state index contributed by atoms with van der Waals surface area (Å²) in [5.74, 6) is 0.278. The van der Waals surface area contributed by atoms with Crippen LogP contribution in [0.4, 0.5) is 21.2 Å². The van der Waals surface area contributed by atoms with E-state index in [2.05, 4.69) is 15.7 Å². The largest absolute Gasteiger partial charge is 0.465 e. The molecule has 2 N–H and O–H groups in total. The van der Waals surface area contributed by atoms with Crippen LogP contribution in [0.15, 0.2) is 6.07 Å². The number of urea groups is 1. The Balaban J connectivity index is 1.94. The van der Waals surface area contributed by atoms with Crippen LogP contribution in [0.3, 0.4) is 0 Å². The van der Waals surface area contributed by atoms with Gasteiger partial charge in [0, 0.05) is 6.07 Å². The minimum atomic E-state index is -0.599. The SMILES string of the molecule is CCOC(=O)CNC(=O)Nc1cc2n(n1)CCN2C(=O)OC(C)(C)C. The minimum Gasteiger partial charge on any atom is -0.465 e. The van der Waals surface area contributed by atoms with Gasteiger partial charge < -0.3 is 14.8 Å². The summed E-state index contributed by atoms with van der Waals surface area (Å²) in [6.45, 7) is 8.01. The number of ether oxygens (including phenoxy) is 2. The van der Waals surface area contributed by atoms with Gasteiger partial charge in [-0.2, -0.15) is 5.10 Å². The number of fused-ring (bicyclic) bond motifs is 1. The van der Waals surface area contributed by atoms with Gasteiger partial charge in [0.15, 0.2) is 5.82 Å². The molecule has 1 aliphatic rings. The first-order valence-corrected chi connectivity index (χ1v) is 7.98. The van der Waals surface area contributed by atoms with Crippen LogP contribution in [0.25, 0.3) is 0 Å². The highest BCUT2D eigenvalue weighted by Gasteiger charge is 2.30. The maximum atomic E-state index is 12.2. The predicted octanol–water partition coefficient (Wildman–Crippen LogP) is 1.32. The van der Waals surface area contributed by atoms with Gasteiger partial charge >= 0.3 is 18.1 Å². The number of esters is 1. The molecule has 1 aromatic heterocycles. The molecule has 0 saturated carbocycles. The molecule has 10 nitrogen and oxygen atoms in total. The van der Waals surface area contributed by atoms with Crippen LogP contribution in [0, 0.1) is 0 Å². The molecule has 0 unspecified atom stereocenters. The van der Waals surface area contributed by atoms with E-state index in [9.17, 15) is 14.4 Å². The number of nitrogens with zero attached hydrogens (tertiary/aromatic N) is 3. The van der Waals surface area contributed by atoms with Crippen LogP contribution in [0.1, 0.15) is 27.7 Å². The third-order valence-corrected chi connectivity index (χ3v) is 3.12. The maximum absolute atomic E-state index is 12.2. The molecule has 1 aromatic rings. The van der Waals surface area contributed by atoms with Gasteiger partial charge in [-0.25, -0.2) is 14.3 Å². The Morgan fingerprint density at radius 3 is 2.64 bits per heavy atom. The minimum absolute atomic E-state index is 0.239. The summed E-state index contributed by atoms with van der Waals surface area (Å²) in [4.78, 5) is 36.6. The zero-order valence-corrected chi connectivity index (χ0v) is 14.8. The lowest BCUT2D eigenvalue weighted by atomic mass is 10.2. The monoisotopic (exact) mass is 353 g/mol. The smallest absolute Gasteiger partial charge is 0.416 e. The van der Waals surface area contributed by atoms with E-state index in [0.29, 0.717) is 18.9 Å². The maximum Gasteiger partial charge on any atom is 0.416 e. The second kappa shape index (κ2) is 7.41. The molecular weight excluding hydrogens is 330 g/mol. The molecule has 138 valence electrons. The molecule has 0 fully saturated rings. The number of carbonyl (C=O) groups is 3. The van der Waals surface area contributed by atoms with Crippen LogP contribution < -0.4 is 15.5 Å². The van der Waals surface area contributed by atoms with E-state index in [1.54, 1.807) is 38.4 Å². The van der Waals surface area contributed by atoms with Crippen LogP contribution in [0.5, 0.6) is 0 Å². The van der Waals surface area contributed by atoms with Crippen molar-refractivity contribution in [3.8, 4) is 0 Å². The lowest BCUT2D eigenvalue weighted by Crippen LogP contribution is -2.35. The first kappa shape index (κ1) is 18.6. The second-order valence-electron chi connectivity index (χ2n) is 6.36. The van der Waals surface area contributed by atoms with Gasteiger partial charge in [-0.05, 0) is 27.7 Å². The molecule has 3 amide bonds. The molecule has 0 bridgehead atoms. The number of hydrogen-bond acceptors (Lipinski definition) is 6. The number of carbonyl (C=O) groups excluding carboxylic acids is 3. The Labute approximate surface area is 145 Å². The zero-order valence-electron chi connectivity index (χ0n) is 14.8. The van der Waals surface area contributed by atoms with E-state index >= 15 is 0 Å². The van der Waals surface area contributed by atoms with E-state index < -0.39 is 23.7 Å². The van der Waals surface area contributed by atoms with E-state index in [1.165, 1.54) is 4.90 Å². The lowest BCUT2D eigenvalue weighted by Gasteiger charge is -2.23. The van der Waals surface area contributed by atoms with Crippen molar-refractivity contribution in [2.45, 2.75) is 39.8 Å². The topological polar surface area (TPSA) is 115 Å². The Kier molecular flexibility index (Phi) is 5.50. The molecule has 0 aromatic carbocycles. The Morgan fingerprint density at radius 2 is 2.00 bits per heavy atom. The number of hydrogen-bond donors (Lipinski definition) is 2. The van der Waals surface area contributed by atoms with Crippen LogP contribution in [0.2, 0.25) is 0 Å². The summed E-state index contributed by atoms with van der Waals surface area (Å²) in [5, 5.41) is 9.08. The summed E-state index contributed by atoms with van der Waals surface area (Å²) in [6.07, 6.45) is -0.468. The van der Waals surface area contributed by atoms with Gasteiger partial charge in [0.25, 0.3) is 0 Å². The van der Waals surface area contributed by atoms with Gasteiger partial charge in [-0.3, -0.25) is 15.0 Å². The molecule has 25 heavy (non-hydrogen) atoms. The van der Waals surface area contributed by atoms with Crippen LogP contribution >= 0.6 is 0 Å². The predicted molar refractivity (Wildman–Crippen MR) is 89.5 cm³/mol. The fourth-order valence-electron chi connectivity index (χ4n) is 2.19. The summed E-state index contributed by atoms with van der Waals surface area (Å²) in [6, 6.07) is 0.981. The average molecular weight is 353 g/mol. The molecule has 0 aliphatic carbocycles. The van der Waals surface area contributed by atoms with Gasteiger partial charge in [0.1, 0.15) is 18.0 Å². The van der Waals surface area contributed by atoms with Gasteiger partial charge in [0.2, 0.25) is 0 Å². The summed E-state index contributed by atoms with van der Waals surface area (Å²) >= 11 is 0. The molecule has 2 rings (SSSR count). The molecule has 0 spiro atoms. The van der Waals surface area contributed by atoms with Crippen molar-refractivity contribution in [2.24, 2.45) is 0 Å². The Bertz CT molecular complexity index is 664. The Hall–Kier alpha value is -2.78. The van der Waals surface area contributed by atoms with Gasteiger partial charge in [-0.1, -0.05) is 0 Å². The van der Waals surface area contributed by atoms with Crippen molar-refractivity contribution in [1.29, 1.82) is 0 Å². The summed E-state index contributed by atoms with van der Waals surface area (Å²) in [7, 11) is 0. The van der Waals surface area contributed by atoms with Crippen molar-refractivity contribution in [3.05, 3.63) is 6.07 Å². The van der Waals surface area contributed by atoms with E-state index in [4.69, 9.17) is 9.47 Å². The standard InChI is InChI=1S/C15H23N5O5/c1-5-24-12(21)9-16-13(22)17-10-8-11-19(6-7-20(11)18-10)14(23)25-15(2,3)4/h8H,5-7,9H2,1-4H3,(H2,16,17,18,22). The molecule has 1 aliphatic heterocycles. The second-order valence-corrected chi connectivity index (χ2v) is 6.36. The number of anilines is 2. The van der Waals surface area contributed by atoms with Gasteiger partial charge in [0.05, 0.1) is 19.7 Å². The zero-order chi connectivity index (χ0) is 18.6. The highest BCUT2D eigenvalue weighted by molar-refractivity contribution is 5.92. The average Bonchev–Trinajstić information content (AvgIpc) is 3.03. The number of rotatable bonds is 4. The first-order valence-electron chi connectivity index (χ1n) is 7.98. The number of aromatic nitrogens is 2. The highest BCUT2D eigenvalue weighted by Crippen LogP contribution is 2.26. The number of nitrogens with one attached hydrogen (secondary N) is 2. The van der Waals surface area contributed by atoms with E-state index in [-0.39, 0.29) is 19.0 Å². The lowest BCUT2D eigenvalue weighted by molar-refractivity contribution is -0.141. The van der Waals surface area contributed by atoms with E-state index in [1.807, 2.05) is 0 Å². The third kappa shape index (κ3) is 5.10. The fourth-order valence-corrected chi connectivity index (χ4v) is 2.19. The normalized spacial score (nSPS) is 13.2. The molecule has 2 heterocycles. The van der Waals surface area contributed by atoms with Gasteiger partial charge in [-0.15, -0.1) is 0 Å². The van der Waals surface area contributed by atoms with Crippen LogP contribution in [-0.4, -0.2) is 53.2 Å². The molecule has 0 radical (unpaired) electrons. The summed E-state index contributed by atoms with van der Waals surface area (Å²) in [5.41, 5.74) is -0.599. The van der Waals surface area contributed by atoms with Crippen molar-refractivity contribution in [3.63, 3.8) is 0 Å². The van der Waals surface area contributed by atoms with Crippen molar-refractivity contribution < 1.29 is 23.9 Å². The van der Waals surface area contributed by atoms with E-state index in [0.717, 1.165) is 0 Å². The number of amides is 3. The van der Waals surface area contributed by atoms with Crippen molar-refractivity contribution in [2.75, 3.05) is 29.9 Å². The molecule has 0 saturated heterocycles. The molecule has 0 atom stereocenters. The molecule has 10 heteroatoms. The van der Waals surface area contributed by atoms with Crippen molar-refractivity contribution in [1.82, 2.24) is 15.1 Å².